The number of carbonyl (C=O) groups excluding carboxylic acids is 4. The molecule has 3 atom stereocenters. The van der Waals surface area contributed by atoms with Crippen LogP contribution in [-0.2, 0) is 28.4 Å². The van der Waals surface area contributed by atoms with Gasteiger partial charge in [-0.2, -0.15) is 0 Å². The lowest BCUT2D eigenvalue weighted by Gasteiger charge is -2.25. The number of ether oxygens (including phenoxy) is 1. The van der Waals surface area contributed by atoms with Crippen molar-refractivity contribution in [2.45, 2.75) is 38.4 Å². The van der Waals surface area contributed by atoms with Crippen LogP contribution in [0.15, 0.2) is 18.2 Å². The van der Waals surface area contributed by atoms with E-state index >= 15 is 0 Å². The summed E-state index contributed by atoms with van der Waals surface area (Å²) in [6, 6.07) is 3.41. The molecular formula is C21H28BCl2N3O7. The van der Waals surface area contributed by atoms with Gasteiger partial charge in [-0.1, -0.05) is 37.0 Å². The predicted molar refractivity (Wildman–Crippen MR) is 126 cm³/mol. The highest BCUT2D eigenvalue weighted by Gasteiger charge is 2.51. The second-order valence-corrected chi connectivity index (χ2v) is 9.25. The molecule has 10 nitrogen and oxygen atoms in total. The third-order valence-electron chi connectivity index (χ3n) is 5.01. The Labute approximate surface area is 208 Å². The molecule has 1 aromatic carbocycles. The molecule has 1 saturated heterocycles. The van der Waals surface area contributed by atoms with Crippen molar-refractivity contribution in [3.63, 3.8) is 0 Å². The van der Waals surface area contributed by atoms with Crippen molar-refractivity contribution >= 4 is 54.1 Å². The van der Waals surface area contributed by atoms with Gasteiger partial charge in [-0.25, -0.2) is 0 Å². The number of nitrogens with zero attached hydrogens (tertiary/aromatic N) is 1. The van der Waals surface area contributed by atoms with Crippen LogP contribution in [0.4, 0.5) is 0 Å². The Morgan fingerprint density at radius 1 is 1.24 bits per heavy atom. The van der Waals surface area contributed by atoms with Gasteiger partial charge in [0, 0.05) is 5.02 Å². The molecule has 0 unspecified atom stereocenters. The van der Waals surface area contributed by atoms with Crippen molar-refractivity contribution < 1.29 is 33.2 Å². The number of esters is 1. The molecule has 1 heterocycles. The molecule has 0 saturated carbocycles. The van der Waals surface area contributed by atoms with Crippen molar-refractivity contribution in [3.8, 4) is 0 Å². The van der Waals surface area contributed by atoms with Gasteiger partial charge in [-0.15, -0.1) is 0 Å². The monoisotopic (exact) mass is 515 g/mol. The normalized spacial score (nSPS) is 17.4. The number of hydrogen-bond acceptors (Lipinski definition) is 8. The zero-order chi connectivity index (χ0) is 25.6. The molecule has 0 aliphatic carbocycles. The first kappa shape index (κ1) is 27.9. The van der Waals surface area contributed by atoms with Gasteiger partial charge in [-0.05, 0) is 44.6 Å². The molecule has 1 fully saturated rings. The van der Waals surface area contributed by atoms with Gasteiger partial charge in [0.05, 0.1) is 30.2 Å². The van der Waals surface area contributed by atoms with Crippen molar-refractivity contribution in [1.29, 1.82) is 0 Å². The zero-order valence-electron chi connectivity index (χ0n) is 19.6. The van der Waals surface area contributed by atoms with Crippen molar-refractivity contribution in [2.75, 3.05) is 27.7 Å². The van der Waals surface area contributed by atoms with E-state index in [1.54, 1.807) is 20.2 Å². The van der Waals surface area contributed by atoms with E-state index in [1.807, 2.05) is 13.8 Å². The minimum absolute atomic E-state index is 0.108. The van der Waals surface area contributed by atoms with Crippen LogP contribution in [0, 0.1) is 5.92 Å². The Morgan fingerprint density at radius 3 is 2.50 bits per heavy atom. The third kappa shape index (κ3) is 7.33. The van der Waals surface area contributed by atoms with Gasteiger partial charge in [0.2, 0.25) is 5.91 Å². The first-order valence-electron chi connectivity index (χ1n) is 10.6. The van der Waals surface area contributed by atoms with Crippen LogP contribution in [0.1, 0.15) is 30.6 Å². The Bertz CT molecular complexity index is 932. The Hall–Kier alpha value is -2.34. The minimum Gasteiger partial charge on any atom is -0.506 e. The standard InChI is InChI=1S/C21H28BCl2N3O7/c1-11(2)8-15(22-33-18(21(31)34-22)17(27(3)4)20(30)32-5)26-16(28)10-25-19(29)13-9-12(23)6-7-14(13)24/h6-7,9,11,15,17-18H,8,10H2,1-5H3,(H,25,29)(H,26,28)/t15-,17+,18+/m0/s1. The number of benzene rings is 1. The SMILES string of the molecule is COC(=O)[C@@H]([C@H]1OB([C@H](CC(C)C)NC(=O)CNC(=O)c2cc(Cl)ccc2Cl)OC1=O)N(C)C. The maximum atomic E-state index is 12.6. The molecule has 0 spiro atoms. The van der Waals surface area contributed by atoms with E-state index in [4.69, 9.17) is 37.2 Å². The lowest BCUT2D eigenvalue weighted by atomic mass is 9.74. The molecule has 1 aliphatic rings. The fourth-order valence-electron chi connectivity index (χ4n) is 3.45. The van der Waals surface area contributed by atoms with Crippen molar-refractivity contribution in [2.24, 2.45) is 5.92 Å². The summed E-state index contributed by atoms with van der Waals surface area (Å²) in [5, 5.41) is 5.73. The van der Waals surface area contributed by atoms with E-state index < -0.39 is 49.0 Å². The topological polar surface area (TPSA) is 123 Å². The second-order valence-electron chi connectivity index (χ2n) is 8.40. The fraction of sp³-hybridized carbons (Fsp3) is 0.524. The van der Waals surface area contributed by atoms with Crippen LogP contribution in [0.3, 0.4) is 0 Å². The molecule has 0 bridgehead atoms. The maximum Gasteiger partial charge on any atom is 0.552 e. The third-order valence-corrected chi connectivity index (χ3v) is 5.58. The summed E-state index contributed by atoms with van der Waals surface area (Å²) in [5.74, 6) is -3.10. The minimum atomic E-state index is -1.22. The lowest BCUT2D eigenvalue weighted by molar-refractivity contribution is -0.154. The van der Waals surface area contributed by atoms with Gasteiger partial charge in [0.1, 0.15) is 6.04 Å². The number of carbonyl (C=O) groups is 4. The molecule has 186 valence electrons. The average Bonchev–Trinajstić information content (AvgIpc) is 3.13. The molecular weight excluding hydrogens is 488 g/mol. The highest BCUT2D eigenvalue weighted by atomic mass is 35.5. The molecule has 2 rings (SSSR count). The number of likely N-dealkylation sites (N-methyl/N-ethyl adjacent to an activating group) is 1. The number of hydrogen-bond donors (Lipinski definition) is 2. The molecule has 0 aromatic heterocycles. The smallest absolute Gasteiger partial charge is 0.506 e. The van der Waals surface area contributed by atoms with Crippen LogP contribution in [0.2, 0.25) is 10.0 Å². The van der Waals surface area contributed by atoms with E-state index in [9.17, 15) is 19.2 Å². The maximum absolute atomic E-state index is 12.6. The second kappa shape index (κ2) is 12.4. The average molecular weight is 516 g/mol. The van der Waals surface area contributed by atoms with Gasteiger partial charge in [0.25, 0.3) is 5.91 Å². The largest absolute Gasteiger partial charge is 0.552 e. The summed E-state index contributed by atoms with van der Waals surface area (Å²) in [5.41, 5.74) is 0.133. The van der Waals surface area contributed by atoms with Gasteiger partial charge in [-0.3, -0.25) is 24.1 Å². The first-order valence-corrected chi connectivity index (χ1v) is 11.3. The molecule has 2 amide bonds. The molecule has 1 aromatic rings. The summed E-state index contributed by atoms with van der Waals surface area (Å²) >= 11 is 11.9. The van der Waals surface area contributed by atoms with Crippen LogP contribution < -0.4 is 10.6 Å². The molecule has 13 heteroatoms. The van der Waals surface area contributed by atoms with E-state index in [0.717, 1.165) is 0 Å². The Balaban J connectivity index is 2.06. The first-order chi connectivity index (χ1) is 15.9. The van der Waals surface area contributed by atoms with E-state index in [0.29, 0.717) is 11.4 Å². The quantitative estimate of drug-likeness (QED) is 0.353. The van der Waals surface area contributed by atoms with E-state index in [-0.39, 0.29) is 23.0 Å². The highest BCUT2D eigenvalue weighted by molar-refractivity contribution is 6.51. The summed E-state index contributed by atoms with van der Waals surface area (Å²) < 4.78 is 15.9. The summed E-state index contributed by atoms with van der Waals surface area (Å²) in [6.45, 7) is 3.49. The van der Waals surface area contributed by atoms with Crippen molar-refractivity contribution in [3.05, 3.63) is 33.8 Å². The van der Waals surface area contributed by atoms with E-state index in [2.05, 4.69) is 10.6 Å². The van der Waals surface area contributed by atoms with Gasteiger partial charge >= 0.3 is 19.1 Å². The zero-order valence-corrected chi connectivity index (χ0v) is 21.1. The highest BCUT2D eigenvalue weighted by Crippen LogP contribution is 2.23. The van der Waals surface area contributed by atoms with Crippen molar-refractivity contribution in [1.82, 2.24) is 15.5 Å². The van der Waals surface area contributed by atoms with Crippen LogP contribution >= 0.6 is 23.2 Å². The van der Waals surface area contributed by atoms with Crippen LogP contribution in [-0.4, -0.2) is 81.6 Å². The number of rotatable bonds is 10. The predicted octanol–water partition coefficient (Wildman–Crippen LogP) is 1.33. The fourth-order valence-corrected chi connectivity index (χ4v) is 3.82. The van der Waals surface area contributed by atoms with Gasteiger partial charge in [0.15, 0.2) is 6.10 Å². The van der Waals surface area contributed by atoms with Crippen LogP contribution in [0.25, 0.3) is 0 Å². The summed E-state index contributed by atoms with van der Waals surface area (Å²) in [4.78, 5) is 51.1. The summed E-state index contributed by atoms with van der Waals surface area (Å²) in [7, 11) is 3.30. The summed E-state index contributed by atoms with van der Waals surface area (Å²) in [6.07, 6.45) is -0.807. The van der Waals surface area contributed by atoms with E-state index in [1.165, 1.54) is 24.1 Å². The van der Waals surface area contributed by atoms with Crippen LogP contribution in [0.5, 0.6) is 0 Å². The number of methoxy groups -OCH3 is 1. The number of amides is 2. The lowest BCUT2D eigenvalue weighted by Crippen LogP contribution is -2.52. The Kier molecular flexibility index (Phi) is 10.2. The molecule has 34 heavy (non-hydrogen) atoms. The molecule has 0 radical (unpaired) electrons. The molecule has 2 N–H and O–H groups in total. The Morgan fingerprint density at radius 2 is 1.91 bits per heavy atom. The molecule has 1 aliphatic heterocycles. The number of nitrogens with one attached hydrogen (secondary N) is 2. The van der Waals surface area contributed by atoms with Gasteiger partial charge < -0.3 is 24.7 Å². The number of halogens is 2.